The van der Waals surface area contributed by atoms with Crippen LogP contribution in [0.5, 0.6) is 0 Å². The summed E-state index contributed by atoms with van der Waals surface area (Å²) in [4.78, 5) is 0. The number of ether oxygens (including phenoxy) is 1. The molecule has 0 radical (unpaired) electrons. The van der Waals surface area contributed by atoms with Crippen LogP contribution in [0.25, 0.3) is 0 Å². The van der Waals surface area contributed by atoms with E-state index in [-0.39, 0.29) is 0 Å². The zero-order valence-corrected chi connectivity index (χ0v) is 12.7. The maximum Gasteiger partial charge on any atom is 0.0622 e. The van der Waals surface area contributed by atoms with Gasteiger partial charge in [0.25, 0.3) is 0 Å². The first-order chi connectivity index (χ1) is 8.61. The van der Waals surface area contributed by atoms with E-state index < -0.39 is 0 Å². The molecule has 3 nitrogen and oxygen atoms in total. The number of morpholine rings is 1. The molecular formula is C15H32N2O. The first kappa shape index (κ1) is 15.9. The minimum Gasteiger partial charge on any atom is -0.379 e. The summed E-state index contributed by atoms with van der Waals surface area (Å²) in [5, 5.41) is 6.76. The number of hydrogen-bond donors (Lipinski definition) is 2. The van der Waals surface area contributed by atoms with Crippen LogP contribution >= 0.6 is 0 Å². The molecule has 2 aliphatic rings. The Labute approximate surface area is 113 Å². The van der Waals surface area contributed by atoms with E-state index in [9.17, 15) is 0 Å². The molecule has 2 fully saturated rings. The van der Waals surface area contributed by atoms with Crippen molar-refractivity contribution in [2.45, 2.75) is 46.6 Å². The molecule has 0 aliphatic carbocycles. The summed E-state index contributed by atoms with van der Waals surface area (Å²) in [5.74, 6) is 2.59. The maximum atomic E-state index is 5.28. The highest BCUT2D eigenvalue weighted by atomic mass is 16.5. The smallest absolute Gasteiger partial charge is 0.0622 e. The minimum atomic E-state index is 0.582. The van der Waals surface area contributed by atoms with Crippen LogP contribution in [0.3, 0.4) is 0 Å². The van der Waals surface area contributed by atoms with Crippen LogP contribution in [0, 0.1) is 17.8 Å². The Hall–Kier alpha value is -0.120. The van der Waals surface area contributed by atoms with Gasteiger partial charge in [0, 0.05) is 12.6 Å². The van der Waals surface area contributed by atoms with Gasteiger partial charge in [0.1, 0.15) is 0 Å². The molecule has 2 N–H and O–H groups in total. The van der Waals surface area contributed by atoms with Crippen LogP contribution in [-0.4, -0.2) is 38.9 Å². The van der Waals surface area contributed by atoms with Crippen molar-refractivity contribution in [3.05, 3.63) is 0 Å². The zero-order chi connectivity index (χ0) is 13.4. The topological polar surface area (TPSA) is 33.3 Å². The molecule has 2 heterocycles. The van der Waals surface area contributed by atoms with E-state index in [1.807, 2.05) is 0 Å². The molecule has 108 valence electrons. The predicted octanol–water partition coefficient (Wildman–Crippen LogP) is 2.27. The van der Waals surface area contributed by atoms with Crippen LogP contribution in [0.1, 0.15) is 40.5 Å². The molecule has 0 spiro atoms. The van der Waals surface area contributed by atoms with Gasteiger partial charge >= 0.3 is 0 Å². The average Bonchev–Trinajstić information content (AvgIpc) is 2.41. The lowest BCUT2D eigenvalue weighted by Gasteiger charge is -2.26. The van der Waals surface area contributed by atoms with Gasteiger partial charge in [0.2, 0.25) is 0 Å². The molecule has 1 unspecified atom stereocenters. The molecule has 0 aromatic carbocycles. The van der Waals surface area contributed by atoms with E-state index >= 15 is 0 Å². The maximum absolute atomic E-state index is 5.28. The van der Waals surface area contributed by atoms with Crippen molar-refractivity contribution in [1.29, 1.82) is 0 Å². The number of piperidine rings is 1. The molecule has 1 atom stereocenters. The van der Waals surface area contributed by atoms with Crippen LogP contribution in [0.4, 0.5) is 0 Å². The van der Waals surface area contributed by atoms with E-state index in [1.54, 1.807) is 0 Å². The monoisotopic (exact) mass is 256 g/mol. The summed E-state index contributed by atoms with van der Waals surface area (Å²) in [6.07, 6.45) is 2.77. The van der Waals surface area contributed by atoms with E-state index in [2.05, 4.69) is 38.3 Å². The molecular weight excluding hydrogens is 224 g/mol. The highest BCUT2D eigenvalue weighted by Crippen LogP contribution is 2.20. The molecule has 0 saturated carbocycles. The first-order valence-electron chi connectivity index (χ1n) is 7.63. The van der Waals surface area contributed by atoms with Crippen molar-refractivity contribution in [3.8, 4) is 0 Å². The molecule has 0 amide bonds. The van der Waals surface area contributed by atoms with Crippen LogP contribution in [-0.2, 0) is 4.74 Å². The normalized spacial score (nSPS) is 26.0. The van der Waals surface area contributed by atoms with Crippen LogP contribution in [0.2, 0.25) is 0 Å². The summed E-state index contributed by atoms with van der Waals surface area (Å²) in [7, 11) is 0. The molecule has 0 aromatic heterocycles. The van der Waals surface area contributed by atoms with Gasteiger partial charge in [-0.25, -0.2) is 0 Å². The molecule has 0 aromatic rings. The molecule has 2 aliphatic heterocycles. The van der Waals surface area contributed by atoms with Crippen molar-refractivity contribution in [3.63, 3.8) is 0 Å². The Morgan fingerprint density at radius 1 is 0.944 bits per heavy atom. The van der Waals surface area contributed by atoms with Gasteiger partial charge < -0.3 is 15.4 Å². The lowest BCUT2D eigenvalue weighted by Crippen LogP contribution is -2.44. The van der Waals surface area contributed by atoms with Crippen molar-refractivity contribution in [1.82, 2.24) is 10.6 Å². The highest BCUT2D eigenvalue weighted by molar-refractivity contribution is 4.72. The fraction of sp³-hybridized carbons (Fsp3) is 1.00. The lowest BCUT2D eigenvalue weighted by atomic mass is 9.87. The quantitative estimate of drug-likeness (QED) is 0.795. The highest BCUT2D eigenvalue weighted by Gasteiger charge is 2.16. The van der Waals surface area contributed by atoms with Gasteiger partial charge in [0.05, 0.1) is 13.2 Å². The van der Waals surface area contributed by atoms with Crippen LogP contribution in [0.15, 0.2) is 0 Å². The third-order valence-corrected chi connectivity index (χ3v) is 4.08. The second-order valence-electron chi connectivity index (χ2n) is 6.21. The SMILES string of the molecule is CC(C)C1CCNCC1.CC(C)C1COCCN1. The van der Waals surface area contributed by atoms with E-state index in [0.717, 1.165) is 31.6 Å². The Morgan fingerprint density at radius 2 is 1.61 bits per heavy atom. The Morgan fingerprint density at radius 3 is 1.94 bits per heavy atom. The van der Waals surface area contributed by atoms with Gasteiger partial charge in [-0.2, -0.15) is 0 Å². The Bertz CT molecular complexity index is 173. The van der Waals surface area contributed by atoms with Gasteiger partial charge in [0.15, 0.2) is 0 Å². The van der Waals surface area contributed by atoms with Crippen molar-refractivity contribution in [2.24, 2.45) is 17.8 Å². The van der Waals surface area contributed by atoms with Gasteiger partial charge in [-0.3, -0.25) is 0 Å². The number of rotatable bonds is 2. The average molecular weight is 256 g/mol. The third kappa shape index (κ3) is 6.17. The Balaban J connectivity index is 0.000000180. The predicted molar refractivity (Wildman–Crippen MR) is 77.9 cm³/mol. The first-order valence-corrected chi connectivity index (χ1v) is 7.63. The van der Waals surface area contributed by atoms with E-state index in [0.29, 0.717) is 12.0 Å². The van der Waals surface area contributed by atoms with Gasteiger partial charge in [-0.05, 0) is 43.7 Å². The van der Waals surface area contributed by atoms with Gasteiger partial charge in [-0.15, -0.1) is 0 Å². The summed E-state index contributed by atoms with van der Waals surface area (Å²) < 4.78 is 5.28. The van der Waals surface area contributed by atoms with E-state index in [1.165, 1.54) is 25.9 Å². The fourth-order valence-corrected chi connectivity index (χ4v) is 2.52. The number of nitrogens with one attached hydrogen (secondary N) is 2. The number of hydrogen-bond acceptors (Lipinski definition) is 3. The largest absolute Gasteiger partial charge is 0.379 e. The molecule has 3 heteroatoms. The van der Waals surface area contributed by atoms with Crippen molar-refractivity contribution in [2.75, 3.05) is 32.8 Å². The second-order valence-corrected chi connectivity index (χ2v) is 6.21. The summed E-state index contributed by atoms with van der Waals surface area (Å²) >= 11 is 0. The molecule has 2 saturated heterocycles. The summed E-state index contributed by atoms with van der Waals surface area (Å²) in [6.45, 7) is 14.3. The van der Waals surface area contributed by atoms with Crippen molar-refractivity contribution < 1.29 is 4.74 Å². The lowest BCUT2D eigenvalue weighted by molar-refractivity contribution is 0.0623. The summed E-state index contributed by atoms with van der Waals surface area (Å²) in [6, 6.07) is 0.582. The standard InChI is InChI=1S/C8H17N.C7H15NO/c1-7(2)8-3-5-9-6-4-8;1-6(2)7-5-9-4-3-8-7/h7-9H,3-6H2,1-2H3;6-8H,3-5H2,1-2H3. The Kier molecular flexibility index (Phi) is 7.87. The van der Waals surface area contributed by atoms with E-state index in [4.69, 9.17) is 4.74 Å². The second kappa shape index (κ2) is 8.89. The molecule has 0 bridgehead atoms. The zero-order valence-electron chi connectivity index (χ0n) is 12.7. The van der Waals surface area contributed by atoms with Crippen LogP contribution < -0.4 is 10.6 Å². The fourth-order valence-electron chi connectivity index (χ4n) is 2.52. The van der Waals surface area contributed by atoms with Gasteiger partial charge in [-0.1, -0.05) is 27.7 Å². The molecule has 18 heavy (non-hydrogen) atoms. The third-order valence-electron chi connectivity index (χ3n) is 4.08. The summed E-state index contributed by atoms with van der Waals surface area (Å²) in [5.41, 5.74) is 0. The molecule has 2 rings (SSSR count). The van der Waals surface area contributed by atoms with Crippen molar-refractivity contribution >= 4 is 0 Å². The minimum absolute atomic E-state index is 0.582.